The summed E-state index contributed by atoms with van der Waals surface area (Å²) in [6.45, 7) is 0. The van der Waals surface area contributed by atoms with Crippen LogP contribution in [-0.4, -0.2) is 9.97 Å². The molecule has 15 heavy (non-hydrogen) atoms. The van der Waals surface area contributed by atoms with Gasteiger partial charge in [-0.1, -0.05) is 24.3 Å². The highest BCUT2D eigenvalue weighted by Crippen LogP contribution is 2.26. The number of aromatic amines is 2. The molecule has 0 atom stereocenters. The number of fused-ring (bicyclic) bond motifs is 3. The van der Waals surface area contributed by atoms with Gasteiger partial charge in [-0.25, -0.2) is 4.79 Å². The van der Waals surface area contributed by atoms with Gasteiger partial charge in [0.05, 0.1) is 11.0 Å². The summed E-state index contributed by atoms with van der Waals surface area (Å²) in [7, 11) is 0. The van der Waals surface area contributed by atoms with Crippen LogP contribution >= 0.6 is 12.6 Å². The molecule has 3 nitrogen and oxygen atoms in total. The Kier molecular flexibility index (Phi) is 1.67. The number of rotatable bonds is 0. The van der Waals surface area contributed by atoms with Crippen molar-refractivity contribution in [1.29, 1.82) is 0 Å². The average molecular weight is 216 g/mol. The first-order valence-electron chi connectivity index (χ1n) is 4.58. The van der Waals surface area contributed by atoms with Gasteiger partial charge in [0.1, 0.15) is 0 Å². The van der Waals surface area contributed by atoms with E-state index in [-0.39, 0.29) is 5.69 Å². The number of aromatic nitrogens is 2. The summed E-state index contributed by atoms with van der Waals surface area (Å²) in [6.07, 6.45) is 0. The summed E-state index contributed by atoms with van der Waals surface area (Å²) < 4.78 is 0. The number of nitrogens with one attached hydrogen (secondary N) is 2. The molecule has 1 heterocycles. The molecule has 0 aliphatic carbocycles. The van der Waals surface area contributed by atoms with Gasteiger partial charge in [0, 0.05) is 10.3 Å². The summed E-state index contributed by atoms with van der Waals surface area (Å²) in [5.74, 6) is 0. The molecule has 3 rings (SSSR count). The van der Waals surface area contributed by atoms with E-state index >= 15 is 0 Å². The van der Waals surface area contributed by atoms with Gasteiger partial charge >= 0.3 is 5.69 Å². The molecular formula is C11H8N2OS. The fourth-order valence-corrected chi connectivity index (χ4v) is 2.15. The normalized spacial score (nSPS) is 11.3. The molecule has 0 fully saturated rings. The maximum atomic E-state index is 11.2. The van der Waals surface area contributed by atoms with Gasteiger partial charge in [-0.05, 0) is 11.5 Å². The van der Waals surface area contributed by atoms with Crippen molar-refractivity contribution in [2.75, 3.05) is 0 Å². The van der Waals surface area contributed by atoms with Gasteiger partial charge in [0.15, 0.2) is 0 Å². The second-order valence-corrected chi connectivity index (χ2v) is 3.93. The van der Waals surface area contributed by atoms with E-state index in [1.54, 1.807) is 0 Å². The largest absolute Gasteiger partial charge is 0.323 e. The Balaban J connectivity index is 2.69. The van der Waals surface area contributed by atoms with Gasteiger partial charge in [0.2, 0.25) is 0 Å². The van der Waals surface area contributed by atoms with E-state index < -0.39 is 0 Å². The summed E-state index contributed by atoms with van der Waals surface area (Å²) >= 11 is 4.35. The number of hydrogen-bond acceptors (Lipinski definition) is 2. The number of thiol groups is 1. The van der Waals surface area contributed by atoms with Gasteiger partial charge in [-0.15, -0.1) is 12.6 Å². The topological polar surface area (TPSA) is 48.6 Å². The highest BCUT2D eigenvalue weighted by atomic mass is 32.1. The molecule has 0 aliphatic rings. The van der Waals surface area contributed by atoms with Gasteiger partial charge < -0.3 is 9.97 Å². The lowest BCUT2D eigenvalue weighted by Crippen LogP contribution is -1.99. The van der Waals surface area contributed by atoms with Crippen molar-refractivity contribution in [3.63, 3.8) is 0 Å². The standard InChI is InChI=1S/C11H8N2OS/c14-11-12-9-7-4-2-1-3-6(7)5-8(15)10(9)13-11/h1-5,15H,(H2,12,13,14). The summed E-state index contributed by atoms with van der Waals surface area (Å²) in [5.41, 5.74) is 1.39. The van der Waals surface area contributed by atoms with Crippen molar-refractivity contribution >= 4 is 34.4 Å². The van der Waals surface area contributed by atoms with Crippen molar-refractivity contribution in [3.05, 3.63) is 40.8 Å². The third-order valence-electron chi connectivity index (χ3n) is 2.51. The molecule has 0 amide bonds. The lowest BCUT2D eigenvalue weighted by atomic mass is 10.1. The molecule has 0 spiro atoms. The molecule has 0 radical (unpaired) electrons. The minimum absolute atomic E-state index is 0.198. The second-order valence-electron chi connectivity index (χ2n) is 3.45. The zero-order valence-electron chi connectivity index (χ0n) is 7.74. The van der Waals surface area contributed by atoms with E-state index in [1.807, 2.05) is 30.3 Å². The van der Waals surface area contributed by atoms with Crippen LogP contribution in [0.1, 0.15) is 0 Å². The molecule has 3 aromatic rings. The van der Waals surface area contributed by atoms with E-state index in [9.17, 15) is 4.79 Å². The van der Waals surface area contributed by atoms with Crippen molar-refractivity contribution in [2.24, 2.45) is 0 Å². The highest BCUT2D eigenvalue weighted by Gasteiger charge is 2.06. The van der Waals surface area contributed by atoms with Gasteiger partial charge in [-0.2, -0.15) is 0 Å². The molecule has 2 N–H and O–H groups in total. The van der Waals surface area contributed by atoms with Crippen LogP contribution in [0, 0.1) is 0 Å². The smallest absolute Gasteiger partial charge is 0.305 e. The molecule has 2 aromatic carbocycles. The predicted octanol–water partition coefficient (Wildman–Crippen LogP) is 2.30. The molecule has 74 valence electrons. The number of hydrogen-bond donors (Lipinski definition) is 3. The third kappa shape index (κ3) is 1.18. The fraction of sp³-hybridized carbons (Fsp3) is 0. The lowest BCUT2D eigenvalue weighted by Gasteiger charge is -2.00. The number of H-pyrrole nitrogens is 2. The Morgan fingerprint density at radius 2 is 1.80 bits per heavy atom. The molecule has 0 bridgehead atoms. The first-order chi connectivity index (χ1) is 7.25. The average Bonchev–Trinajstić information content (AvgIpc) is 2.61. The number of benzene rings is 2. The summed E-state index contributed by atoms with van der Waals surface area (Å²) in [4.78, 5) is 17.5. The van der Waals surface area contributed by atoms with E-state index in [4.69, 9.17) is 0 Å². The molecule has 0 aliphatic heterocycles. The summed E-state index contributed by atoms with van der Waals surface area (Å²) in [6, 6.07) is 9.84. The monoisotopic (exact) mass is 216 g/mol. The van der Waals surface area contributed by atoms with Gasteiger partial charge in [0.25, 0.3) is 0 Å². The van der Waals surface area contributed by atoms with Crippen molar-refractivity contribution in [3.8, 4) is 0 Å². The lowest BCUT2D eigenvalue weighted by molar-refractivity contribution is 1.21. The SMILES string of the molecule is O=c1[nH]c2c(S)cc3ccccc3c2[nH]1. The Labute approximate surface area is 90.5 Å². The highest BCUT2D eigenvalue weighted by molar-refractivity contribution is 7.80. The van der Waals surface area contributed by atoms with Crippen LogP contribution in [0.25, 0.3) is 21.8 Å². The first-order valence-corrected chi connectivity index (χ1v) is 5.03. The first kappa shape index (κ1) is 8.61. The van der Waals surface area contributed by atoms with Crippen LogP contribution < -0.4 is 5.69 Å². The van der Waals surface area contributed by atoms with Crippen molar-refractivity contribution < 1.29 is 0 Å². The van der Waals surface area contributed by atoms with Crippen LogP contribution in [0.5, 0.6) is 0 Å². The summed E-state index contributed by atoms with van der Waals surface area (Å²) in [5, 5.41) is 2.11. The number of imidazole rings is 1. The molecule has 0 unspecified atom stereocenters. The predicted molar refractivity (Wildman–Crippen MR) is 63.7 cm³/mol. The molecule has 4 heteroatoms. The van der Waals surface area contributed by atoms with Gasteiger partial charge in [-0.3, -0.25) is 0 Å². The van der Waals surface area contributed by atoms with Crippen molar-refractivity contribution in [2.45, 2.75) is 4.90 Å². The Morgan fingerprint density at radius 1 is 1.07 bits per heavy atom. The zero-order chi connectivity index (χ0) is 10.4. The van der Waals surface area contributed by atoms with Crippen LogP contribution in [0.3, 0.4) is 0 Å². The molecular weight excluding hydrogens is 208 g/mol. The Bertz CT molecular complexity index is 711. The van der Waals surface area contributed by atoms with Crippen molar-refractivity contribution in [1.82, 2.24) is 9.97 Å². The maximum Gasteiger partial charge on any atom is 0.323 e. The van der Waals surface area contributed by atoms with Crippen LogP contribution in [0.15, 0.2) is 40.0 Å². The molecule has 0 saturated heterocycles. The minimum atomic E-state index is -0.198. The Hall–Kier alpha value is -1.68. The molecule has 0 saturated carbocycles. The second kappa shape index (κ2) is 2.90. The van der Waals surface area contributed by atoms with E-state index in [1.165, 1.54) is 0 Å². The molecule has 1 aromatic heterocycles. The van der Waals surface area contributed by atoms with Crippen LogP contribution in [0.4, 0.5) is 0 Å². The minimum Gasteiger partial charge on any atom is -0.305 e. The quantitative estimate of drug-likeness (QED) is 0.496. The van der Waals surface area contributed by atoms with E-state index in [0.29, 0.717) is 0 Å². The van der Waals surface area contributed by atoms with Crippen LogP contribution in [0.2, 0.25) is 0 Å². The fourth-order valence-electron chi connectivity index (χ4n) is 1.85. The van der Waals surface area contributed by atoms with E-state index in [2.05, 4.69) is 22.6 Å². The van der Waals surface area contributed by atoms with E-state index in [0.717, 1.165) is 26.7 Å². The Morgan fingerprint density at radius 3 is 2.67 bits per heavy atom. The zero-order valence-corrected chi connectivity index (χ0v) is 8.64. The third-order valence-corrected chi connectivity index (χ3v) is 2.86. The van der Waals surface area contributed by atoms with Crippen LogP contribution in [-0.2, 0) is 0 Å². The maximum absolute atomic E-state index is 11.2.